The Kier molecular flexibility index (Phi) is 10.3. The first-order valence-corrected chi connectivity index (χ1v) is 12.4. The molecule has 11 heteroatoms. The molecule has 0 spiro atoms. The minimum atomic E-state index is -1.18. The number of fused-ring (bicyclic) bond motifs is 3. The number of hydrogen-bond acceptors (Lipinski definition) is 9. The molecule has 1 aliphatic carbocycles. The molecule has 0 aromatic heterocycles. The molecule has 1 aliphatic heterocycles. The van der Waals surface area contributed by atoms with Gasteiger partial charge in [-0.05, 0) is 44.0 Å². The largest absolute Gasteiger partial charge is 0.493 e. The molecule has 0 saturated carbocycles. The van der Waals surface area contributed by atoms with Gasteiger partial charge >= 0.3 is 0 Å². The van der Waals surface area contributed by atoms with E-state index in [1.54, 1.807) is 18.2 Å². The number of aliphatic hydroxyl groups is 3. The topological polar surface area (TPSA) is 147 Å². The smallest absolute Gasteiger partial charge is 0.249 e. The maximum absolute atomic E-state index is 13.3. The van der Waals surface area contributed by atoms with Crippen LogP contribution < -0.4 is 14.8 Å². The Morgan fingerprint density at radius 2 is 1.97 bits per heavy atom. The molecule has 11 nitrogen and oxygen atoms in total. The monoisotopic (exact) mass is 522 g/mol. The van der Waals surface area contributed by atoms with Gasteiger partial charge in [0.25, 0.3) is 0 Å². The summed E-state index contributed by atoms with van der Waals surface area (Å²) in [5, 5.41) is 33.2. The molecule has 4 N–H and O–H groups in total. The van der Waals surface area contributed by atoms with E-state index in [0.717, 1.165) is 0 Å². The van der Waals surface area contributed by atoms with Crippen LogP contribution in [0.15, 0.2) is 23.8 Å². The highest BCUT2D eigenvalue weighted by Gasteiger charge is 2.51. The van der Waals surface area contributed by atoms with Crippen LogP contribution in [0.25, 0.3) is 0 Å². The van der Waals surface area contributed by atoms with Gasteiger partial charge in [0.2, 0.25) is 11.8 Å². The fourth-order valence-corrected chi connectivity index (χ4v) is 4.82. The predicted octanol–water partition coefficient (Wildman–Crippen LogP) is 0.100. The Bertz CT molecular complexity index is 981. The summed E-state index contributed by atoms with van der Waals surface area (Å²) in [5.74, 6) is -0.739. The number of rotatable bonds is 13. The molecular weight excluding hydrogens is 484 g/mol. The molecule has 2 amide bonds. The molecule has 2 aliphatic rings. The van der Waals surface area contributed by atoms with Gasteiger partial charge in [-0.1, -0.05) is 0 Å². The number of carbonyl (C=O) groups excluding carboxylic acids is 2. The third kappa shape index (κ3) is 6.42. The number of amides is 2. The van der Waals surface area contributed by atoms with Crippen LogP contribution in [0.5, 0.6) is 11.5 Å². The van der Waals surface area contributed by atoms with Gasteiger partial charge in [-0.25, -0.2) is 0 Å². The molecule has 0 fully saturated rings. The van der Waals surface area contributed by atoms with Gasteiger partial charge in [-0.3, -0.25) is 9.59 Å². The third-order valence-electron chi connectivity index (χ3n) is 6.44. The number of nitrogens with one attached hydrogen (secondary N) is 1. The normalized spacial score (nSPS) is 22.1. The SMILES string of the molecule is COCC(=O)N(CCCOC(C)C)C1C=C(C(=O)NCCO)C2c3cc(CO)cc(OC)c3OC2C1O. The summed E-state index contributed by atoms with van der Waals surface area (Å²) in [6.07, 6.45) is 0.0642. The summed E-state index contributed by atoms with van der Waals surface area (Å²) in [6.45, 7) is 3.86. The molecule has 0 bridgehead atoms. The number of methoxy groups -OCH3 is 2. The minimum absolute atomic E-state index is 0.0351. The first-order valence-electron chi connectivity index (χ1n) is 12.4. The second kappa shape index (κ2) is 13.2. The third-order valence-corrected chi connectivity index (χ3v) is 6.44. The van der Waals surface area contributed by atoms with Gasteiger partial charge in [0.05, 0.1) is 38.4 Å². The van der Waals surface area contributed by atoms with Crippen molar-refractivity contribution in [3.63, 3.8) is 0 Å². The zero-order valence-corrected chi connectivity index (χ0v) is 21.8. The zero-order chi connectivity index (χ0) is 27.1. The fourth-order valence-electron chi connectivity index (χ4n) is 4.82. The quantitative estimate of drug-likeness (QED) is 0.265. The van der Waals surface area contributed by atoms with Crippen molar-refractivity contribution in [2.24, 2.45) is 0 Å². The summed E-state index contributed by atoms with van der Waals surface area (Å²) in [5.41, 5.74) is 1.45. The zero-order valence-electron chi connectivity index (χ0n) is 21.8. The lowest BCUT2D eigenvalue weighted by atomic mass is 9.77. The van der Waals surface area contributed by atoms with Crippen LogP contribution in [0.3, 0.4) is 0 Å². The van der Waals surface area contributed by atoms with Gasteiger partial charge in [-0.15, -0.1) is 0 Å². The highest BCUT2D eigenvalue weighted by molar-refractivity contribution is 5.96. The van der Waals surface area contributed by atoms with Crippen LogP contribution in [0.2, 0.25) is 0 Å². The summed E-state index contributed by atoms with van der Waals surface area (Å²) in [6, 6.07) is 2.48. The Balaban J connectivity index is 2.04. The molecule has 3 rings (SSSR count). The van der Waals surface area contributed by atoms with Crippen LogP contribution >= 0.6 is 0 Å². The molecule has 1 heterocycles. The van der Waals surface area contributed by atoms with E-state index in [0.29, 0.717) is 41.2 Å². The van der Waals surface area contributed by atoms with E-state index in [4.69, 9.17) is 18.9 Å². The van der Waals surface area contributed by atoms with Crippen molar-refractivity contribution >= 4 is 11.8 Å². The molecular formula is C26H38N2O9. The number of nitrogens with zero attached hydrogens (tertiary/aromatic N) is 1. The van der Waals surface area contributed by atoms with Crippen molar-refractivity contribution in [3.05, 3.63) is 34.9 Å². The summed E-state index contributed by atoms with van der Waals surface area (Å²) in [4.78, 5) is 27.8. The number of carbonyl (C=O) groups is 2. The summed E-state index contributed by atoms with van der Waals surface area (Å²) >= 11 is 0. The second-order valence-electron chi connectivity index (χ2n) is 9.31. The molecule has 206 valence electrons. The second-order valence-corrected chi connectivity index (χ2v) is 9.31. The fraction of sp³-hybridized carbons (Fsp3) is 0.615. The van der Waals surface area contributed by atoms with Gasteiger partial charge in [-0.2, -0.15) is 0 Å². The lowest BCUT2D eigenvalue weighted by molar-refractivity contribution is -0.141. The minimum Gasteiger partial charge on any atom is -0.493 e. The Morgan fingerprint density at radius 3 is 2.59 bits per heavy atom. The van der Waals surface area contributed by atoms with Gasteiger partial charge in [0.15, 0.2) is 11.5 Å². The maximum Gasteiger partial charge on any atom is 0.249 e. The predicted molar refractivity (Wildman–Crippen MR) is 133 cm³/mol. The molecule has 1 aromatic rings. The van der Waals surface area contributed by atoms with E-state index >= 15 is 0 Å². The van der Waals surface area contributed by atoms with E-state index in [2.05, 4.69) is 5.32 Å². The number of aliphatic hydroxyl groups excluding tert-OH is 3. The number of ether oxygens (including phenoxy) is 4. The van der Waals surface area contributed by atoms with E-state index in [-0.39, 0.29) is 44.9 Å². The van der Waals surface area contributed by atoms with Gasteiger partial charge < -0.3 is 44.5 Å². The molecule has 1 aromatic carbocycles. The Morgan fingerprint density at radius 1 is 1.22 bits per heavy atom. The van der Waals surface area contributed by atoms with Gasteiger partial charge in [0, 0.05) is 37.9 Å². The summed E-state index contributed by atoms with van der Waals surface area (Å²) in [7, 11) is 2.88. The van der Waals surface area contributed by atoms with Crippen molar-refractivity contribution in [1.29, 1.82) is 0 Å². The first-order chi connectivity index (χ1) is 17.8. The van der Waals surface area contributed by atoms with Crippen LogP contribution in [0.4, 0.5) is 0 Å². The molecule has 4 unspecified atom stereocenters. The average molecular weight is 523 g/mol. The van der Waals surface area contributed by atoms with E-state index in [9.17, 15) is 24.9 Å². The molecule has 4 atom stereocenters. The van der Waals surface area contributed by atoms with Crippen molar-refractivity contribution in [1.82, 2.24) is 10.2 Å². The number of hydrogen-bond donors (Lipinski definition) is 4. The first kappa shape index (κ1) is 28.9. The van der Waals surface area contributed by atoms with E-state index < -0.39 is 30.1 Å². The lowest BCUT2D eigenvalue weighted by Crippen LogP contribution is -2.56. The van der Waals surface area contributed by atoms with Crippen LogP contribution in [0, 0.1) is 0 Å². The van der Waals surface area contributed by atoms with Crippen LogP contribution in [-0.2, 0) is 25.7 Å². The molecule has 0 radical (unpaired) electrons. The Hall–Kier alpha value is -2.70. The highest BCUT2D eigenvalue weighted by Crippen LogP contribution is 2.51. The van der Waals surface area contributed by atoms with Gasteiger partial charge in [0.1, 0.15) is 18.8 Å². The van der Waals surface area contributed by atoms with Crippen molar-refractivity contribution < 1.29 is 43.9 Å². The van der Waals surface area contributed by atoms with Crippen LogP contribution in [-0.4, -0.2) is 104 Å². The lowest BCUT2D eigenvalue weighted by Gasteiger charge is -2.40. The van der Waals surface area contributed by atoms with Crippen LogP contribution in [0.1, 0.15) is 37.3 Å². The summed E-state index contributed by atoms with van der Waals surface area (Å²) < 4.78 is 22.3. The standard InChI is InChI=1S/C26H38N2O9/c1-15(2)36-9-5-7-28(21(31)14-34-3)19-12-18(26(33)27-6-8-29)22-17-10-16(13-30)11-20(35-4)24(17)37-25(22)23(19)32/h10-12,15,19,22-23,25,29-30,32H,5-9,13-14H2,1-4H3,(H,27,33). The van der Waals surface area contributed by atoms with Crippen molar-refractivity contribution in [3.8, 4) is 11.5 Å². The number of benzene rings is 1. The van der Waals surface area contributed by atoms with E-state index in [1.807, 2.05) is 13.8 Å². The molecule has 0 saturated heterocycles. The van der Waals surface area contributed by atoms with Crippen molar-refractivity contribution in [2.45, 2.75) is 57.1 Å². The maximum atomic E-state index is 13.3. The van der Waals surface area contributed by atoms with Crippen molar-refractivity contribution in [2.75, 3.05) is 47.1 Å². The Labute approximate surface area is 216 Å². The highest BCUT2D eigenvalue weighted by atomic mass is 16.5. The average Bonchev–Trinajstić information content (AvgIpc) is 3.27. The molecule has 37 heavy (non-hydrogen) atoms. The van der Waals surface area contributed by atoms with E-state index in [1.165, 1.54) is 19.1 Å².